The van der Waals surface area contributed by atoms with Gasteiger partial charge >= 0.3 is 0 Å². The van der Waals surface area contributed by atoms with E-state index in [-0.39, 0.29) is 17.9 Å². The van der Waals surface area contributed by atoms with Crippen LogP contribution in [0.3, 0.4) is 0 Å². The number of nitrogens with one attached hydrogen (secondary N) is 1. The molecule has 1 N–H and O–H groups in total. The van der Waals surface area contributed by atoms with Gasteiger partial charge in [0, 0.05) is 39.1 Å². The van der Waals surface area contributed by atoms with Crippen LogP contribution in [-0.4, -0.2) is 56.2 Å². The van der Waals surface area contributed by atoms with E-state index in [9.17, 15) is 13.2 Å². The van der Waals surface area contributed by atoms with Crippen LogP contribution in [0, 0.1) is 5.92 Å². The first-order chi connectivity index (χ1) is 9.41. The van der Waals surface area contributed by atoms with E-state index in [0.717, 1.165) is 25.7 Å². The molecule has 1 saturated heterocycles. The molecule has 7 heteroatoms. The third-order valence-corrected chi connectivity index (χ3v) is 6.25. The lowest BCUT2D eigenvalue weighted by atomic mass is 10.0. The zero-order valence-corrected chi connectivity index (χ0v) is 13.2. The molecule has 6 nitrogen and oxygen atoms in total. The van der Waals surface area contributed by atoms with Gasteiger partial charge in [0.15, 0.2) is 0 Å². The fraction of sp³-hybridized carbons (Fsp3) is 0.923. The number of carbonyl (C=O) groups is 1. The summed E-state index contributed by atoms with van der Waals surface area (Å²) in [6, 6.07) is 0.122. The zero-order valence-electron chi connectivity index (χ0n) is 12.3. The van der Waals surface area contributed by atoms with Gasteiger partial charge in [-0.1, -0.05) is 12.8 Å². The van der Waals surface area contributed by atoms with E-state index in [0.29, 0.717) is 25.9 Å². The van der Waals surface area contributed by atoms with E-state index < -0.39 is 10.2 Å². The second-order valence-electron chi connectivity index (χ2n) is 5.95. The number of piperidine rings is 1. The molecule has 2 rings (SSSR count). The van der Waals surface area contributed by atoms with Crippen LogP contribution in [0.4, 0.5) is 0 Å². The maximum atomic E-state index is 12.0. The standard InChI is InChI=1S/C13H25N3O3S/c1-15(2)20(18,19)16-9-7-12(8-10-16)14-13(17)11-5-3-4-6-11/h11-12H,3-10H2,1-2H3,(H,14,17). The van der Waals surface area contributed by atoms with Gasteiger partial charge in [-0.2, -0.15) is 17.0 Å². The summed E-state index contributed by atoms with van der Waals surface area (Å²) >= 11 is 0. The zero-order chi connectivity index (χ0) is 14.8. The van der Waals surface area contributed by atoms with Crippen LogP contribution in [0.2, 0.25) is 0 Å². The summed E-state index contributed by atoms with van der Waals surface area (Å²) < 4.78 is 26.7. The summed E-state index contributed by atoms with van der Waals surface area (Å²) in [6.07, 6.45) is 5.70. The Hall–Kier alpha value is -0.660. The maximum Gasteiger partial charge on any atom is 0.281 e. The van der Waals surface area contributed by atoms with Crippen molar-refractivity contribution in [3.05, 3.63) is 0 Å². The Morgan fingerprint density at radius 1 is 1.10 bits per heavy atom. The molecular weight excluding hydrogens is 278 g/mol. The Morgan fingerprint density at radius 2 is 1.65 bits per heavy atom. The molecule has 0 radical (unpaired) electrons. The highest BCUT2D eigenvalue weighted by molar-refractivity contribution is 7.86. The van der Waals surface area contributed by atoms with Gasteiger partial charge in [-0.25, -0.2) is 0 Å². The van der Waals surface area contributed by atoms with Gasteiger partial charge < -0.3 is 5.32 Å². The van der Waals surface area contributed by atoms with Crippen LogP contribution in [0.15, 0.2) is 0 Å². The number of carbonyl (C=O) groups excluding carboxylic acids is 1. The van der Waals surface area contributed by atoms with Crippen molar-refractivity contribution < 1.29 is 13.2 Å². The first kappa shape index (κ1) is 15.7. The topological polar surface area (TPSA) is 69.7 Å². The first-order valence-corrected chi connectivity index (χ1v) is 8.79. The maximum absolute atomic E-state index is 12.0. The largest absolute Gasteiger partial charge is 0.353 e. The molecule has 0 spiro atoms. The fourth-order valence-corrected chi connectivity index (χ4v) is 4.10. The van der Waals surface area contributed by atoms with Crippen molar-refractivity contribution in [1.29, 1.82) is 0 Å². The predicted molar refractivity (Wildman–Crippen MR) is 77.3 cm³/mol. The molecular formula is C13H25N3O3S. The number of hydrogen-bond acceptors (Lipinski definition) is 3. The average molecular weight is 303 g/mol. The van der Waals surface area contributed by atoms with Crippen molar-refractivity contribution in [3.63, 3.8) is 0 Å². The summed E-state index contributed by atoms with van der Waals surface area (Å²) in [7, 11) is -0.224. The third kappa shape index (κ3) is 3.51. The summed E-state index contributed by atoms with van der Waals surface area (Å²) in [6.45, 7) is 0.965. The SMILES string of the molecule is CN(C)S(=O)(=O)N1CCC(NC(=O)C2CCCC2)CC1. The second-order valence-corrected chi connectivity index (χ2v) is 8.10. The molecule has 0 atom stereocenters. The van der Waals surface area contributed by atoms with Gasteiger partial charge in [0.25, 0.3) is 10.2 Å². The van der Waals surface area contributed by atoms with E-state index >= 15 is 0 Å². The lowest BCUT2D eigenvalue weighted by Gasteiger charge is -2.33. The fourth-order valence-electron chi connectivity index (χ4n) is 2.97. The summed E-state index contributed by atoms with van der Waals surface area (Å²) in [5, 5.41) is 3.09. The molecule has 116 valence electrons. The van der Waals surface area contributed by atoms with E-state index in [1.165, 1.54) is 8.61 Å². The Balaban J connectivity index is 1.81. The second kappa shape index (κ2) is 6.41. The highest BCUT2D eigenvalue weighted by Crippen LogP contribution is 2.25. The van der Waals surface area contributed by atoms with Gasteiger partial charge in [0.05, 0.1) is 0 Å². The van der Waals surface area contributed by atoms with Crippen molar-refractivity contribution in [3.8, 4) is 0 Å². The van der Waals surface area contributed by atoms with Crippen molar-refractivity contribution in [2.75, 3.05) is 27.2 Å². The van der Waals surface area contributed by atoms with Crippen LogP contribution in [0.5, 0.6) is 0 Å². The molecule has 0 aromatic heterocycles. The minimum absolute atomic E-state index is 0.122. The van der Waals surface area contributed by atoms with Crippen LogP contribution >= 0.6 is 0 Å². The Labute approximate surface area is 121 Å². The average Bonchev–Trinajstić information content (AvgIpc) is 2.93. The van der Waals surface area contributed by atoms with E-state index in [4.69, 9.17) is 0 Å². The molecule has 1 aliphatic heterocycles. The van der Waals surface area contributed by atoms with Gasteiger partial charge in [0.1, 0.15) is 0 Å². The molecule has 1 amide bonds. The molecule has 1 aliphatic carbocycles. The minimum atomic E-state index is -3.31. The lowest BCUT2D eigenvalue weighted by molar-refractivity contribution is -0.125. The van der Waals surface area contributed by atoms with E-state index in [2.05, 4.69) is 5.32 Å². The Kier molecular flexibility index (Phi) is 5.04. The first-order valence-electron chi connectivity index (χ1n) is 7.39. The number of rotatable bonds is 4. The van der Waals surface area contributed by atoms with Gasteiger partial charge in [-0.3, -0.25) is 4.79 Å². The molecule has 1 heterocycles. The molecule has 0 unspecified atom stereocenters. The van der Waals surface area contributed by atoms with Crippen molar-refractivity contribution in [2.24, 2.45) is 5.92 Å². The lowest BCUT2D eigenvalue weighted by Crippen LogP contribution is -2.50. The minimum Gasteiger partial charge on any atom is -0.353 e. The third-order valence-electron chi connectivity index (χ3n) is 4.31. The van der Waals surface area contributed by atoms with Crippen molar-refractivity contribution in [1.82, 2.24) is 13.9 Å². The molecule has 2 fully saturated rings. The van der Waals surface area contributed by atoms with E-state index in [1.54, 1.807) is 14.1 Å². The van der Waals surface area contributed by atoms with Crippen LogP contribution in [0.1, 0.15) is 38.5 Å². The van der Waals surface area contributed by atoms with E-state index in [1.807, 2.05) is 0 Å². The van der Waals surface area contributed by atoms with Crippen molar-refractivity contribution >= 4 is 16.1 Å². The predicted octanol–water partition coefficient (Wildman–Crippen LogP) is 0.564. The molecule has 1 saturated carbocycles. The number of amides is 1. The quantitative estimate of drug-likeness (QED) is 0.825. The number of nitrogens with zero attached hydrogens (tertiary/aromatic N) is 2. The van der Waals surface area contributed by atoms with Gasteiger partial charge in [-0.05, 0) is 25.7 Å². The molecule has 0 bridgehead atoms. The highest BCUT2D eigenvalue weighted by Gasteiger charge is 2.31. The molecule has 0 aromatic carbocycles. The van der Waals surface area contributed by atoms with Gasteiger partial charge in [-0.15, -0.1) is 0 Å². The Bertz CT molecular complexity index is 436. The summed E-state index contributed by atoms with van der Waals surface area (Å²) in [4.78, 5) is 12.0. The monoisotopic (exact) mass is 303 g/mol. The van der Waals surface area contributed by atoms with Crippen LogP contribution in [0.25, 0.3) is 0 Å². The van der Waals surface area contributed by atoms with Crippen molar-refractivity contribution in [2.45, 2.75) is 44.6 Å². The van der Waals surface area contributed by atoms with Gasteiger partial charge in [0.2, 0.25) is 5.91 Å². The highest BCUT2D eigenvalue weighted by atomic mass is 32.2. The number of hydrogen-bond donors (Lipinski definition) is 1. The normalized spacial score (nSPS) is 23.4. The summed E-state index contributed by atoms with van der Waals surface area (Å²) in [5.41, 5.74) is 0. The molecule has 0 aromatic rings. The molecule has 2 aliphatic rings. The Morgan fingerprint density at radius 3 is 2.15 bits per heavy atom. The summed E-state index contributed by atoms with van der Waals surface area (Å²) in [5.74, 6) is 0.343. The smallest absolute Gasteiger partial charge is 0.281 e. The van der Waals surface area contributed by atoms with Crippen LogP contribution in [-0.2, 0) is 15.0 Å². The molecule has 20 heavy (non-hydrogen) atoms. The van der Waals surface area contributed by atoms with Crippen LogP contribution < -0.4 is 5.32 Å².